The number of amides is 2. The summed E-state index contributed by atoms with van der Waals surface area (Å²) in [6.07, 6.45) is 1.69. The first-order chi connectivity index (χ1) is 16.8. The van der Waals surface area contributed by atoms with Gasteiger partial charge in [0.15, 0.2) is 10.8 Å². The molecule has 35 heavy (non-hydrogen) atoms. The van der Waals surface area contributed by atoms with E-state index >= 15 is 0 Å². The lowest BCUT2D eigenvalue weighted by Crippen LogP contribution is -2.50. The van der Waals surface area contributed by atoms with Gasteiger partial charge in [-0.05, 0) is 30.3 Å². The molecule has 1 aliphatic heterocycles. The average molecular weight is 514 g/mol. The number of hydrogen-bond donors (Lipinski definition) is 2. The van der Waals surface area contributed by atoms with E-state index in [1.54, 1.807) is 46.3 Å². The first kappa shape index (κ1) is 24.5. The third-order valence-corrected chi connectivity index (χ3v) is 7.30. The van der Waals surface area contributed by atoms with Gasteiger partial charge in [0.05, 0.1) is 23.1 Å². The number of rotatable bonds is 6. The fraction of sp³-hybridized carbons (Fsp3) is 0.261. The first-order valence-electron chi connectivity index (χ1n) is 10.7. The summed E-state index contributed by atoms with van der Waals surface area (Å²) < 4.78 is 5.55. The second kappa shape index (κ2) is 10.7. The zero-order valence-electron chi connectivity index (χ0n) is 19.1. The van der Waals surface area contributed by atoms with Crippen LogP contribution < -0.4 is 5.32 Å². The highest BCUT2D eigenvalue weighted by atomic mass is 32.2. The molecule has 0 bridgehead atoms. The smallest absolute Gasteiger partial charge is 0.356 e. The van der Waals surface area contributed by atoms with Crippen molar-refractivity contribution < 1.29 is 24.2 Å². The van der Waals surface area contributed by atoms with Crippen molar-refractivity contribution in [3.63, 3.8) is 0 Å². The van der Waals surface area contributed by atoms with E-state index in [1.807, 2.05) is 0 Å². The topological polar surface area (TPSA) is 125 Å². The fourth-order valence-electron chi connectivity index (χ4n) is 3.46. The Balaban J connectivity index is 1.43. The number of nitrogens with one attached hydrogen (secondary N) is 1. The molecule has 0 aliphatic carbocycles. The molecule has 12 heteroatoms. The zero-order valence-corrected chi connectivity index (χ0v) is 20.7. The maximum absolute atomic E-state index is 13.0. The van der Waals surface area contributed by atoms with Crippen LogP contribution in [0.25, 0.3) is 0 Å². The van der Waals surface area contributed by atoms with Gasteiger partial charge in [0.25, 0.3) is 5.91 Å². The summed E-state index contributed by atoms with van der Waals surface area (Å²) in [6, 6.07) is 9.87. The minimum atomic E-state index is -0.526. The molecule has 0 spiro atoms. The lowest BCUT2D eigenvalue weighted by Gasteiger charge is -2.34. The summed E-state index contributed by atoms with van der Waals surface area (Å²) in [5.74, 6) is -0.430. The van der Waals surface area contributed by atoms with Crippen molar-refractivity contribution in [2.75, 3.05) is 38.6 Å². The molecule has 4 rings (SSSR count). The molecule has 1 fully saturated rings. The number of thiazole rings is 1. The van der Waals surface area contributed by atoms with Gasteiger partial charge in [-0.15, -0.1) is 0 Å². The molecule has 3 heterocycles. The summed E-state index contributed by atoms with van der Waals surface area (Å²) >= 11 is 2.79. The molecular weight excluding hydrogens is 490 g/mol. The maximum atomic E-state index is 13.0. The molecule has 3 aromatic rings. The van der Waals surface area contributed by atoms with Gasteiger partial charge in [0.2, 0.25) is 5.91 Å². The number of aromatic hydroxyl groups is 1. The van der Waals surface area contributed by atoms with E-state index in [9.17, 15) is 19.5 Å². The second-order valence-corrected chi connectivity index (χ2v) is 9.99. The minimum Gasteiger partial charge on any atom is -0.507 e. The molecule has 0 radical (unpaired) electrons. The molecule has 2 N–H and O–H groups in total. The standard InChI is InChI=1S/C23H23N5O5S2/c1-14(29)27-8-10-28(11-9-27)21(31)16-12-15(6-7-18(16)30)34-20-13-24-23(35-20)26-19-5-3-4-17(25-19)22(32)33-2/h3-7,12-13,30H,8-11H2,1-2H3,(H,24,25,26). The van der Waals surface area contributed by atoms with E-state index in [-0.39, 0.29) is 28.8 Å². The molecule has 1 saturated heterocycles. The number of phenolic OH excluding ortho intramolecular Hbond substituents is 1. The Hall–Kier alpha value is -3.64. The van der Waals surface area contributed by atoms with E-state index < -0.39 is 5.97 Å². The average Bonchev–Trinajstić information content (AvgIpc) is 3.30. The predicted molar refractivity (Wildman–Crippen MR) is 131 cm³/mol. The largest absolute Gasteiger partial charge is 0.507 e. The number of aromatic nitrogens is 2. The molecule has 1 aliphatic rings. The summed E-state index contributed by atoms with van der Waals surface area (Å²) in [5.41, 5.74) is 0.408. The van der Waals surface area contributed by atoms with Gasteiger partial charge < -0.3 is 25.0 Å². The summed E-state index contributed by atoms with van der Waals surface area (Å²) in [5, 5.41) is 14.0. The van der Waals surface area contributed by atoms with Crippen LogP contribution in [-0.4, -0.2) is 75.9 Å². The van der Waals surface area contributed by atoms with Crippen molar-refractivity contribution in [2.24, 2.45) is 0 Å². The molecule has 0 atom stereocenters. The van der Waals surface area contributed by atoms with Gasteiger partial charge in [-0.1, -0.05) is 29.2 Å². The van der Waals surface area contributed by atoms with Crippen LogP contribution in [-0.2, 0) is 9.53 Å². The van der Waals surface area contributed by atoms with Crippen LogP contribution in [0.3, 0.4) is 0 Å². The van der Waals surface area contributed by atoms with Crippen molar-refractivity contribution in [3.05, 3.63) is 53.9 Å². The predicted octanol–water partition coefficient (Wildman–Crippen LogP) is 3.23. The van der Waals surface area contributed by atoms with Gasteiger partial charge in [-0.25, -0.2) is 14.8 Å². The lowest BCUT2D eigenvalue weighted by atomic mass is 10.1. The van der Waals surface area contributed by atoms with E-state index in [4.69, 9.17) is 4.74 Å². The summed E-state index contributed by atoms with van der Waals surface area (Å²) in [6.45, 7) is 3.31. The van der Waals surface area contributed by atoms with E-state index in [0.717, 1.165) is 9.10 Å². The number of nitrogens with zero attached hydrogens (tertiary/aromatic N) is 4. The highest BCUT2D eigenvalue weighted by Crippen LogP contribution is 2.36. The Kier molecular flexibility index (Phi) is 7.51. The lowest BCUT2D eigenvalue weighted by molar-refractivity contribution is -0.130. The highest BCUT2D eigenvalue weighted by Gasteiger charge is 2.25. The number of ether oxygens (including phenoxy) is 1. The van der Waals surface area contributed by atoms with Gasteiger partial charge in [-0.2, -0.15) is 0 Å². The summed E-state index contributed by atoms with van der Waals surface area (Å²) in [4.78, 5) is 48.9. The third-order valence-electron chi connectivity index (χ3n) is 5.29. The van der Waals surface area contributed by atoms with E-state index in [2.05, 4.69) is 15.3 Å². The molecule has 2 aromatic heterocycles. The Morgan fingerprint density at radius 3 is 2.57 bits per heavy atom. The molecule has 182 valence electrons. The van der Waals surface area contributed by atoms with Crippen molar-refractivity contribution in [1.29, 1.82) is 0 Å². The number of carbonyl (C=O) groups is 3. The first-order valence-corrected chi connectivity index (χ1v) is 12.3. The van der Waals surface area contributed by atoms with Crippen LogP contribution in [0.5, 0.6) is 5.75 Å². The number of methoxy groups -OCH3 is 1. The van der Waals surface area contributed by atoms with Crippen LogP contribution in [0.2, 0.25) is 0 Å². The molecule has 1 aromatic carbocycles. The number of pyridine rings is 1. The SMILES string of the molecule is COC(=O)c1cccc(Nc2ncc(Sc3ccc(O)c(C(=O)N4CCN(C(C)=O)CC4)c3)s2)n1. The highest BCUT2D eigenvalue weighted by molar-refractivity contribution is 8.01. The van der Waals surface area contributed by atoms with Crippen LogP contribution in [0, 0.1) is 0 Å². The monoisotopic (exact) mass is 513 g/mol. The van der Waals surface area contributed by atoms with Gasteiger partial charge in [-0.3, -0.25) is 9.59 Å². The summed E-state index contributed by atoms with van der Waals surface area (Å²) in [7, 11) is 1.30. The van der Waals surface area contributed by atoms with E-state index in [1.165, 1.54) is 43.2 Å². The number of phenols is 1. The zero-order chi connectivity index (χ0) is 24.9. The molecular formula is C23H23N5O5S2. The number of hydrogen-bond acceptors (Lipinski definition) is 10. The van der Waals surface area contributed by atoms with Crippen molar-refractivity contribution in [2.45, 2.75) is 16.0 Å². The number of benzene rings is 1. The molecule has 0 unspecified atom stereocenters. The number of piperazine rings is 1. The van der Waals surface area contributed by atoms with Crippen LogP contribution in [0.1, 0.15) is 27.8 Å². The van der Waals surface area contributed by atoms with Crippen LogP contribution in [0.15, 0.2) is 51.7 Å². The fourth-order valence-corrected chi connectivity index (χ4v) is 5.36. The number of anilines is 2. The van der Waals surface area contributed by atoms with Gasteiger partial charge in [0, 0.05) is 38.0 Å². The Morgan fingerprint density at radius 1 is 1.11 bits per heavy atom. The number of carbonyl (C=O) groups excluding carboxylic acids is 3. The molecule has 10 nitrogen and oxygen atoms in total. The quantitative estimate of drug-likeness (QED) is 0.478. The van der Waals surface area contributed by atoms with Gasteiger partial charge >= 0.3 is 5.97 Å². The Bertz CT molecular complexity index is 1260. The minimum absolute atomic E-state index is 0.0105. The maximum Gasteiger partial charge on any atom is 0.356 e. The molecule has 0 saturated carbocycles. The third kappa shape index (κ3) is 5.89. The van der Waals surface area contributed by atoms with Crippen molar-refractivity contribution >= 4 is 51.8 Å². The second-order valence-electron chi connectivity index (χ2n) is 7.59. The van der Waals surface area contributed by atoms with Crippen molar-refractivity contribution in [3.8, 4) is 5.75 Å². The normalized spacial score (nSPS) is 13.4. The Labute approximate surface area is 209 Å². The Morgan fingerprint density at radius 2 is 1.86 bits per heavy atom. The number of esters is 1. The van der Waals surface area contributed by atoms with E-state index in [0.29, 0.717) is 37.1 Å². The van der Waals surface area contributed by atoms with Crippen LogP contribution in [0.4, 0.5) is 10.9 Å². The van der Waals surface area contributed by atoms with Crippen molar-refractivity contribution in [1.82, 2.24) is 19.8 Å². The van der Waals surface area contributed by atoms with Gasteiger partial charge in [0.1, 0.15) is 11.6 Å². The van der Waals surface area contributed by atoms with Crippen LogP contribution >= 0.6 is 23.1 Å². The molecule has 2 amide bonds.